The Morgan fingerprint density at radius 1 is 1.07 bits per heavy atom. The van der Waals surface area contributed by atoms with E-state index in [0.29, 0.717) is 6.54 Å². The fourth-order valence-corrected chi connectivity index (χ4v) is 1.80. The van der Waals surface area contributed by atoms with Gasteiger partial charge in [0.25, 0.3) is 0 Å². The molecule has 0 saturated carbocycles. The summed E-state index contributed by atoms with van der Waals surface area (Å²) in [7, 11) is 0. The maximum atomic E-state index is 5.38. The molecule has 3 heteroatoms. The van der Waals surface area contributed by atoms with Gasteiger partial charge in [0, 0.05) is 39.3 Å². The molecule has 1 rings (SSSR count). The van der Waals surface area contributed by atoms with Crippen molar-refractivity contribution in [3.05, 3.63) is 12.2 Å². The second-order valence-corrected chi connectivity index (χ2v) is 3.77. The summed E-state index contributed by atoms with van der Waals surface area (Å²) in [5.74, 6) is 0. The molecule has 0 aromatic heterocycles. The van der Waals surface area contributed by atoms with Crippen LogP contribution in [-0.2, 0) is 0 Å². The average molecular weight is 197 g/mol. The lowest BCUT2D eigenvalue weighted by Crippen LogP contribution is -2.46. The first-order chi connectivity index (χ1) is 6.86. The molecule has 0 amide bonds. The smallest absolute Gasteiger partial charge is 0.0110 e. The molecule has 0 radical (unpaired) electrons. The van der Waals surface area contributed by atoms with E-state index in [2.05, 4.69) is 22.8 Å². The van der Waals surface area contributed by atoms with E-state index in [1.165, 1.54) is 39.3 Å². The Labute approximate surface area is 87.6 Å². The molecule has 0 atom stereocenters. The van der Waals surface area contributed by atoms with Crippen molar-refractivity contribution in [2.24, 2.45) is 5.73 Å². The Hall–Kier alpha value is -0.380. The van der Waals surface area contributed by atoms with Crippen LogP contribution in [0.15, 0.2) is 12.2 Å². The Kier molecular flexibility index (Phi) is 5.83. The maximum absolute atomic E-state index is 5.38. The zero-order chi connectivity index (χ0) is 10.2. The Morgan fingerprint density at radius 3 is 2.29 bits per heavy atom. The zero-order valence-corrected chi connectivity index (χ0v) is 9.28. The molecule has 82 valence electrons. The van der Waals surface area contributed by atoms with Gasteiger partial charge in [-0.05, 0) is 13.0 Å². The van der Waals surface area contributed by atoms with E-state index in [1.807, 2.05) is 6.08 Å². The molecular formula is C11H23N3. The largest absolute Gasteiger partial charge is 0.327 e. The summed E-state index contributed by atoms with van der Waals surface area (Å²) in [6.45, 7) is 10.2. The predicted octanol–water partition coefficient (Wildman–Crippen LogP) is 0.529. The molecule has 2 N–H and O–H groups in total. The Morgan fingerprint density at radius 2 is 1.71 bits per heavy atom. The minimum Gasteiger partial charge on any atom is -0.327 e. The Bertz CT molecular complexity index is 160. The molecule has 0 aromatic rings. The molecular weight excluding hydrogens is 174 g/mol. The van der Waals surface area contributed by atoms with Crippen molar-refractivity contribution < 1.29 is 0 Å². The van der Waals surface area contributed by atoms with Gasteiger partial charge in [0.05, 0.1) is 0 Å². The molecule has 1 heterocycles. The summed E-state index contributed by atoms with van der Waals surface area (Å²) in [5.41, 5.74) is 5.38. The van der Waals surface area contributed by atoms with Crippen molar-refractivity contribution in [1.82, 2.24) is 9.80 Å². The molecule has 1 fully saturated rings. The molecule has 14 heavy (non-hydrogen) atoms. The van der Waals surface area contributed by atoms with Crippen LogP contribution in [0.5, 0.6) is 0 Å². The highest BCUT2D eigenvalue weighted by molar-refractivity contribution is 4.84. The molecule has 0 bridgehead atoms. The number of likely N-dealkylation sites (N-methyl/N-ethyl adjacent to an activating group) is 1. The molecule has 1 saturated heterocycles. The van der Waals surface area contributed by atoms with Crippen LogP contribution in [0.1, 0.15) is 13.3 Å². The number of hydrogen-bond donors (Lipinski definition) is 1. The highest BCUT2D eigenvalue weighted by Gasteiger charge is 2.13. The van der Waals surface area contributed by atoms with Crippen LogP contribution in [0.2, 0.25) is 0 Å². The number of nitrogens with zero attached hydrogens (tertiary/aromatic N) is 2. The highest BCUT2D eigenvalue weighted by atomic mass is 15.3. The monoisotopic (exact) mass is 197 g/mol. The fraction of sp³-hybridized carbons (Fsp3) is 0.818. The van der Waals surface area contributed by atoms with Crippen LogP contribution in [0.3, 0.4) is 0 Å². The van der Waals surface area contributed by atoms with Gasteiger partial charge in [-0.25, -0.2) is 0 Å². The van der Waals surface area contributed by atoms with Crippen LogP contribution >= 0.6 is 0 Å². The van der Waals surface area contributed by atoms with E-state index < -0.39 is 0 Å². The van der Waals surface area contributed by atoms with Crippen molar-refractivity contribution in [3.63, 3.8) is 0 Å². The lowest BCUT2D eigenvalue weighted by atomic mass is 10.3. The third-order valence-corrected chi connectivity index (χ3v) is 2.83. The van der Waals surface area contributed by atoms with Gasteiger partial charge in [0.15, 0.2) is 0 Å². The van der Waals surface area contributed by atoms with Crippen LogP contribution in [0, 0.1) is 0 Å². The summed E-state index contributed by atoms with van der Waals surface area (Å²) in [6, 6.07) is 0. The first-order valence-electron chi connectivity index (χ1n) is 5.66. The lowest BCUT2D eigenvalue weighted by molar-refractivity contribution is 0.139. The zero-order valence-electron chi connectivity index (χ0n) is 9.28. The van der Waals surface area contributed by atoms with Gasteiger partial charge in [-0.3, -0.25) is 0 Å². The third kappa shape index (κ3) is 4.22. The molecule has 0 spiro atoms. The molecule has 1 aliphatic rings. The first-order valence-corrected chi connectivity index (χ1v) is 5.66. The molecule has 0 aliphatic carbocycles. The maximum Gasteiger partial charge on any atom is 0.0110 e. The minimum absolute atomic E-state index is 0.670. The van der Waals surface area contributed by atoms with Gasteiger partial charge in [0.1, 0.15) is 0 Å². The van der Waals surface area contributed by atoms with Crippen molar-refractivity contribution in [2.75, 3.05) is 45.8 Å². The van der Waals surface area contributed by atoms with Crippen molar-refractivity contribution in [1.29, 1.82) is 0 Å². The topological polar surface area (TPSA) is 32.5 Å². The van der Waals surface area contributed by atoms with Gasteiger partial charge >= 0.3 is 0 Å². The van der Waals surface area contributed by atoms with E-state index in [-0.39, 0.29) is 0 Å². The van der Waals surface area contributed by atoms with Crippen LogP contribution in [-0.4, -0.2) is 55.6 Å². The van der Waals surface area contributed by atoms with Gasteiger partial charge in [-0.2, -0.15) is 0 Å². The lowest BCUT2D eigenvalue weighted by Gasteiger charge is -2.33. The number of nitrogens with two attached hydrogens (primary N) is 1. The van der Waals surface area contributed by atoms with Gasteiger partial charge in [-0.15, -0.1) is 0 Å². The first kappa shape index (κ1) is 11.7. The Balaban J connectivity index is 2.07. The van der Waals surface area contributed by atoms with Gasteiger partial charge in [0.2, 0.25) is 0 Å². The third-order valence-electron chi connectivity index (χ3n) is 2.83. The van der Waals surface area contributed by atoms with Crippen LogP contribution in [0.25, 0.3) is 0 Å². The van der Waals surface area contributed by atoms with Crippen molar-refractivity contribution >= 4 is 0 Å². The van der Waals surface area contributed by atoms with Crippen LogP contribution < -0.4 is 5.73 Å². The van der Waals surface area contributed by atoms with Gasteiger partial charge in [-0.1, -0.05) is 19.1 Å². The fourth-order valence-electron chi connectivity index (χ4n) is 1.80. The number of piperazine rings is 1. The summed E-state index contributed by atoms with van der Waals surface area (Å²) in [6.07, 6.45) is 5.37. The average Bonchev–Trinajstić information content (AvgIpc) is 2.25. The van der Waals surface area contributed by atoms with Crippen molar-refractivity contribution in [2.45, 2.75) is 13.3 Å². The van der Waals surface area contributed by atoms with E-state index in [9.17, 15) is 0 Å². The molecule has 1 aliphatic heterocycles. The second kappa shape index (κ2) is 6.98. The number of rotatable bonds is 5. The highest BCUT2D eigenvalue weighted by Crippen LogP contribution is 2.01. The summed E-state index contributed by atoms with van der Waals surface area (Å²) in [5, 5.41) is 0. The molecule has 3 nitrogen and oxygen atoms in total. The second-order valence-electron chi connectivity index (χ2n) is 3.77. The summed E-state index contributed by atoms with van der Waals surface area (Å²) >= 11 is 0. The quantitative estimate of drug-likeness (QED) is 0.653. The predicted molar refractivity (Wildman–Crippen MR) is 61.4 cm³/mol. The van der Waals surface area contributed by atoms with E-state index in [1.54, 1.807) is 0 Å². The molecule has 0 unspecified atom stereocenters. The summed E-state index contributed by atoms with van der Waals surface area (Å²) in [4.78, 5) is 5.04. The van der Waals surface area contributed by atoms with E-state index in [4.69, 9.17) is 5.73 Å². The van der Waals surface area contributed by atoms with E-state index >= 15 is 0 Å². The van der Waals surface area contributed by atoms with E-state index in [0.717, 1.165) is 6.42 Å². The number of hydrogen-bond acceptors (Lipinski definition) is 3. The minimum atomic E-state index is 0.670. The molecule has 0 aromatic carbocycles. The SMILES string of the molecule is CCN1CCN(CCC=CCN)CC1. The van der Waals surface area contributed by atoms with Crippen molar-refractivity contribution in [3.8, 4) is 0 Å². The normalized spacial score (nSPS) is 20.7. The van der Waals surface area contributed by atoms with Gasteiger partial charge < -0.3 is 15.5 Å². The van der Waals surface area contributed by atoms with Crippen LogP contribution in [0.4, 0.5) is 0 Å². The standard InChI is InChI=1S/C11H23N3/c1-2-13-8-10-14(11-9-13)7-5-3-4-6-12/h3-4H,2,5-12H2,1H3. The summed E-state index contributed by atoms with van der Waals surface area (Å²) < 4.78 is 0.